The Labute approximate surface area is 160 Å². The fourth-order valence-electron chi connectivity index (χ4n) is 3.40. The number of carbonyl (C=O) groups excluding carboxylic acids is 2. The first-order valence-corrected chi connectivity index (χ1v) is 9.87. The van der Waals surface area contributed by atoms with E-state index in [0.29, 0.717) is 31.6 Å². The van der Waals surface area contributed by atoms with Crippen LogP contribution in [0.15, 0.2) is 42.6 Å². The van der Waals surface area contributed by atoms with Crippen molar-refractivity contribution in [1.29, 1.82) is 0 Å². The van der Waals surface area contributed by atoms with Crippen molar-refractivity contribution in [2.24, 2.45) is 5.92 Å². The Morgan fingerprint density at radius 1 is 1.11 bits per heavy atom. The molecule has 1 saturated heterocycles. The number of nitrogens with one attached hydrogen (secondary N) is 1. The number of unbranched alkanes of at least 4 members (excludes halogenated alkanes) is 2. The zero-order chi connectivity index (χ0) is 19.1. The molecule has 0 spiro atoms. The quantitative estimate of drug-likeness (QED) is 0.764. The second-order valence-corrected chi connectivity index (χ2v) is 7.05. The molecule has 1 aromatic carbocycles. The van der Waals surface area contributed by atoms with Gasteiger partial charge in [0.05, 0.1) is 5.69 Å². The van der Waals surface area contributed by atoms with Crippen molar-refractivity contribution in [2.45, 2.75) is 39.0 Å². The van der Waals surface area contributed by atoms with E-state index in [1.165, 1.54) is 0 Å². The lowest BCUT2D eigenvalue weighted by Crippen LogP contribution is -2.43. The first-order valence-electron chi connectivity index (χ1n) is 9.87. The van der Waals surface area contributed by atoms with Crippen LogP contribution in [-0.4, -0.2) is 46.1 Å². The van der Waals surface area contributed by atoms with Crippen LogP contribution in [0.2, 0.25) is 0 Å². The number of nitrogens with zero attached hydrogens (tertiary/aromatic N) is 3. The highest BCUT2D eigenvalue weighted by atomic mass is 16.2. The Bertz CT molecular complexity index is 749. The number of hydrogen-bond acceptors (Lipinski definition) is 3. The molecule has 0 radical (unpaired) electrons. The lowest BCUT2D eigenvalue weighted by atomic mass is 9.95. The second kappa shape index (κ2) is 9.35. The Balaban J connectivity index is 1.50. The minimum absolute atomic E-state index is 0.0116. The summed E-state index contributed by atoms with van der Waals surface area (Å²) in [4.78, 5) is 26.8. The second-order valence-electron chi connectivity index (χ2n) is 7.05. The van der Waals surface area contributed by atoms with Gasteiger partial charge in [-0.2, -0.15) is 5.10 Å². The maximum Gasteiger partial charge on any atom is 0.274 e. The minimum Gasteiger partial charge on any atom is -0.356 e. The molecule has 0 bridgehead atoms. The number of benzene rings is 1. The van der Waals surface area contributed by atoms with Crippen molar-refractivity contribution in [1.82, 2.24) is 20.0 Å². The maximum absolute atomic E-state index is 12.7. The summed E-state index contributed by atoms with van der Waals surface area (Å²) >= 11 is 0. The Kier molecular flexibility index (Phi) is 6.63. The SMILES string of the molecule is CCCCCNC(=O)C1CCN(C(=O)c2ccn(-c3ccccc3)n2)CC1. The average molecular weight is 368 g/mol. The number of aromatic nitrogens is 2. The molecule has 2 aromatic rings. The molecule has 144 valence electrons. The summed E-state index contributed by atoms with van der Waals surface area (Å²) in [6, 6.07) is 11.5. The molecule has 1 aromatic heterocycles. The minimum atomic E-state index is -0.0634. The summed E-state index contributed by atoms with van der Waals surface area (Å²) in [5, 5.41) is 7.44. The normalized spacial score (nSPS) is 14.9. The molecule has 1 N–H and O–H groups in total. The van der Waals surface area contributed by atoms with Gasteiger partial charge in [0.1, 0.15) is 0 Å². The van der Waals surface area contributed by atoms with E-state index < -0.39 is 0 Å². The zero-order valence-electron chi connectivity index (χ0n) is 15.9. The van der Waals surface area contributed by atoms with E-state index in [1.807, 2.05) is 30.3 Å². The predicted octanol–water partition coefficient (Wildman–Crippen LogP) is 3.03. The molecule has 0 aliphatic carbocycles. The molecule has 2 heterocycles. The summed E-state index contributed by atoms with van der Waals surface area (Å²) in [5.74, 6) is 0.0793. The number of amides is 2. The van der Waals surface area contributed by atoms with E-state index in [4.69, 9.17) is 0 Å². The van der Waals surface area contributed by atoms with Gasteiger partial charge in [-0.15, -0.1) is 0 Å². The highest BCUT2D eigenvalue weighted by Gasteiger charge is 2.28. The van der Waals surface area contributed by atoms with Crippen LogP contribution in [0, 0.1) is 5.92 Å². The molecule has 0 saturated carbocycles. The van der Waals surface area contributed by atoms with E-state index in [-0.39, 0.29) is 17.7 Å². The van der Waals surface area contributed by atoms with Gasteiger partial charge in [-0.25, -0.2) is 4.68 Å². The Hall–Kier alpha value is -2.63. The Morgan fingerprint density at radius 2 is 1.85 bits per heavy atom. The fraction of sp³-hybridized carbons (Fsp3) is 0.476. The van der Waals surface area contributed by atoms with E-state index >= 15 is 0 Å². The third kappa shape index (κ3) is 4.96. The molecule has 1 fully saturated rings. The summed E-state index contributed by atoms with van der Waals surface area (Å²) in [6.45, 7) is 4.11. The smallest absolute Gasteiger partial charge is 0.274 e. The lowest BCUT2D eigenvalue weighted by Gasteiger charge is -2.30. The van der Waals surface area contributed by atoms with Crippen molar-refractivity contribution in [2.75, 3.05) is 19.6 Å². The highest BCUT2D eigenvalue weighted by Crippen LogP contribution is 2.19. The first-order chi connectivity index (χ1) is 13.2. The molecular formula is C21H28N4O2. The molecule has 6 heteroatoms. The largest absolute Gasteiger partial charge is 0.356 e. The molecular weight excluding hydrogens is 340 g/mol. The average Bonchev–Trinajstić information content (AvgIpc) is 3.21. The number of para-hydroxylation sites is 1. The van der Waals surface area contributed by atoms with Crippen LogP contribution in [0.3, 0.4) is 0 Å². The summed E-state index contributed by atoms with van der Waals surface area (Å²) < 4.78 is 1.71. The number of piperidine rings is 1. The molecule has 1 aliphatic rings. The van der Waals surface area contributed by atoms with Crippen molar-refractivity contribution >= 4 is 11.8 Å². The van der Waals surface area contributed by atoms with Gasteiger partial charge < -0.3 is 10.2 Å². The van der Waals surface area contributed by atoms with Crippen LogP contribution in [0.5, 0.6) is 0 Å². The van der Waals surface area contributed by atoms with Crippen LogP contribution >= 0.6 is 0 Å². The molecule has 3 rings (SSSR count). The van der Waals surface area contributed by atoms with E-state index in [2.05, 4.69) is 17.3 Å². The molecule has 2 amide bonds. The highest BCUT2D eigenvalue weighted by molar-refractivity contribution is 5.92. The number of carbonyl (C=O) groups is 2. The fourth-order valence-corrected chi connectivity index (χ4v) is 3.40. The van der Waals surface area contributed by atoms with Gasteiger partial charge >= 0.3 is 0 Å². The van der Waals surface area contributed by atoms with Gasteiger partial charge in [-0.05, 0) is 37.5 Å². The number of hydrogen-bond donors (Lipinski definition) is 1. The van der Waals surface area contributed by atoms with Crippen LogP contribution in [0.4, 0.5) is 0 Å². The van der Waals surface area contributed by atoms with Gasteiger partial charge in [0.2, 0.25) is 5.91 Å². The predicted molar refractivity (Wildman–Crippen MR) is 105 cm³/mol. The van der Waals surface area contributed by atoms with Crippen molar-refractivity contribution in [3.05, 3.63) is 48.3 Å². The van der Waals surface area contributed by atoms with Crippen molar-refractivity contribution in [3.63, 3.8) is 0 Å². The van der Waals surface area contributed by atoms with Gasteiger partial charge in [0.15, 0.2) is 5.69 Å². The van der Waals surface area contributed by atoms with E-state index in [9.17, 15) is 9.59 Å². The van der Waals surface area contributed by atoms with Gasteiger partial charge in [-0.1, -0.05) is 38.0 Å². The van der Waals surface area contributed by atoms with Crippen molar-refractivity contribution in [3.8, 4) is 5.69 Å². The lowest BCUT2D eigenvalue weighted by molar-refractivity contribution is -0.126. The summed E-state index contributed by atoms with van der Waals surface area (Å²) in [6.07, 6.45) is 6.55. The summed E-state index contributed by atoms with van der Waals surface area (Å²) in [7, 11) is 0. The van der Waals surface area contributed by atoms with E-state index in [1.54, 1.807) is 21.8 Å². The van der Waals surface area contributed by atoms with Crippen LogP contribution < -0.4 is 5.32 Å². The third-order valence-electron chi connectivity index (χ3n) is 5.06. The molecule has 0 unspecified atom stereocenters. The number of rotatable bonds is 7. The summed E-state index contributed by atoms with van der Waals surface area (Å²) in [5.41, 5.74) is 1.37. The van der Waals surface area contributed by atoms with E-state index in [0.717, 1.165) is 31.5 Å². The standard InChI is InChI=1S/C21H28N4O2/c1-2-3-7-13-22-20(26)17-10-14-24(15-11-17)21(27)19-12-16-25(23-19)18-8-5-4-6-9-18/h4-6,8-9,12,16-17H,2-3,7,10-11,13-15H2,1H3,(H,22,26). The van der Waals surface area contributed by atoms with Crippen LogP contribution in [0.25, 0.3) is 5.69 Å². The van der Waals surface area contributed by atoms with Crippen molar-refractivity contribution < 1.29 is 9.59 Å². The van der Waals surface area contributed by atoms with Crippen LogP contribution in [-0.2, 0) is 4.79 Å². The first kappa shape index (κ1) is 19.1. The monoisotopic (exact) mass is 368 g/mol. The Morgan fingerprint density at radius 3 is 2.56 bits per heavy atom. The molecule has 0 atom stereocenters. The van der Waals surface area contributed by atoms with Gasteiger partial charge in [0.25, 0.3) is 5.91 Å². The molecule has 1 aliphatic heterocycles. The van der Waals surface area contributed by atoms with Gasteiger partial charge in [-0.3, -0.25) is 9.59 Å². The zero-order valence-corrected chi connectivity index (χ0v) is 15.9. The maximum atomic E-state index is 12.7. The van der Waals surface area contributed by atoms with Gasteiger partial charge in [0, 0.05) is 31.7 Å². The van der Waals surface area contributed by atoms with Crippen LogP contribution in [0.1, 0.15) is 49.5 Å². The number of likely N-dealkylation sites (tertiary alicyclic amines) is 1. The third-order valence-corrected chi connectivity index (χ3v) is 5.06. The molecule has 27 heavy (non-hydrogen) atoms. The molecule has 6 nitrogen and oxygen atoms in total. The topological polar surface area (TPSA) is 67.2 Å².